The first-order chi connectivity index (χ1) is 9.19. The van der Waals surface area contributed by atoms with Gasteiger partial charge in [0.2, 0.25) is 0 Å². The van der Waals surface area contributed by atoms with Crippen molar-refractivity contribution < 1.29 is 0 Å². The van der Waals surface area contributed by atoms with Crippen LogP contribution in [0.25, 0.3) is 0 Å². The second-order valence-corrected chi connectivity index (χ2v) is 5.38. The summed E-state index contributed by atoms with van der Waals surface area (Å²) in [7, 11) is 1.78. The van der Waals surface area contributed by atoms with E-state index in [1.807, 2.05) is 12.1 Å². The molecule has 2 aromatic rings. The van der Waals surface area contributed by atoms with Crippen molar-refractivity contribution in [2.45, 2.75) is 25.8 Å². The Labute approximate surface area is 121 Å². The van der Waals surface area contributed by atoms with E-state index >= 15 is 0 Å². The summed E-state index contributed by atoms with van der Waals surface area (Å²) in [6, 6.07) is 8.53. The van der Waals surface area contributed by atoms with E-state index in [0.29, 0.717) is 0 Å². The highest BCUT2D eigenvalue weighted by molar-refractivity contribution is 9.10. The highest BCUT2D eigenvalue weighted by Gasteiger charge is 2.14. The van der Waals surface area contributed by atoms with E-state index in [4.69, 9.17) is 0 Å². The van der Waals surface area contributed by atoms with Crippen LogP contribution in [0.15, 0.2) is 28.7 Å². The standard InChI is InChI=1S/C13H18BrN5/c1-3-7-15-12(9-13-16-18-19(2)17-13)10-5-4-6-11(14)8-10/h4-6,8,12,15H,3,7,9H2,1-2H3. The number of aromatic nitrogens is 4. The van der Waals surface area contributed by atoms with Gasteiger partial charge in [-0.1, -0.05) is 35.0 Å². The van der Waals surface area contributed by atoms with Crippen LogP contribution in [0.3, 0.4) is 0 Å². The van der Waals surface area contributed by atoms with E-state index in [1.54, 1.807) is 7.05 Å². The number of hydrogen-bond donors (Lipinski definition) is 1. The van der Waals surface area contributed by atoms with Crippen molar-refractivity contribution in [1.29, 1.82) is 0 Å². The Kier molecular flexibility index (Phi) is 5.04. The fourth-order valence-electron chi connectivity index (χ4n) is 1.94. The van der Waals surface area contributed by atoms with Crippen LogP contribution in [0.5, 0.6) is 0 Å². The number of rotatable bonds is 6. The van der Waals surface area contributed by atoms with Gasteiger partial charge in [-0.2, -0.15) is 4.80 Å². The van der Waals surface area contributed by atoms with E-state index in [1.165, 1.54) is 10.4 Å². The number of halogens is 1. The van der Waals surface area contributed by atoms with Gasteiger partial charge < -0.3 is 5.32 Å². The maximum absolute atomic E-state index is 4.25. The number of nitrogens with zero attached hydrogens (tertiary/aromatic N) is 4. The third-order valence-electron chi connectivity index (χ3n) is 2.83. The molecule has 1 heterocycles. The average molecular weight is 324 g/mol. The average Bonchev–Trinajstić information content (AvgIpc) is 2.80. The third kappa shape index (κ3) is 4.11. The minimum atomic E-state index is 0.210. The zero-order valence-corrected chi connectivity index (χ0v) is 12.8. The Hall–Kier alpha value is -1.27. The molecule has 0 amide bonds. The summed E-state index contributed by atoms with van der Waals surface area (Å²) < 4.78 is 1.08. The molecule has 1 atom stereocenters. The Balaban J connectivity index is 2.15. The third-order valence-corrected chi connectivity index (χ3v) is 3.32. The number of benzene rings is 1. The van der Waals surface area contributed by atoms with E-state index in [2.05, 4.69) is 55.7 Å². The first kappa shape index (κ1) is 14.1. The van der Waals surface area contributed by atoms with Crippen molar-refractivity contribution in [2.24, 2.45) is 7.05 Å². The topological polar surface area (TPSA) is 55.6 Å². The molecular weight excluding hydrogens is 306 g/mol. The molecule has 6 heteroatoms. The number of hydrogen-bond acceptors (Lipinski definition) is 4. The minimum absolute atomic E-state index is 0.210. The first-order valence-corrected chi connectivity index (χ1v) is 7.20. The molecule has 2 rings (SSSR count). The predicted molar refractivity (Wildman–Crippen MR) is 77.7 cm³/mol. The summed E-state index contributed by atoms with van der Waals surface area (Å²) in [5.74, 6) is 0.760. The summed E-state index contributed by atoms with van der Waals surface area (Å²) in [6.45, 7) is 3.13. The maximum atomic E-state index is 4.25. The van der Waals surface area contributed by atoms with Gasteiger partial charge in [0, 0.05) is 16.9 Å². The van der Waals surface area contributed by atoms with Crippen molar-refractivity contribution in [3.8, 4) is 0 Å². The maximum Gasteiger partial charge on any atom is 0.176 e. The molecule has 0 aliphatic heterocycles. The van der Waals surface area contributed by atoms with Gasteiger partial charge >= 0.3 is 0 Å². The molecular formula is C13H18BrN5. The monoisotopic (exact) mass is 323 g/mol. The van der Waals surface area contributed by atoms with Gasteiger partial charge in [0.15, 0.2) is 5.82 Å². The summed E-state index contributed by atoms with van der Waals surface area (Å²) in [5, 5.41) is 15.7. The highest BCUT2D eigenvalue weighted by Crippen LogP contribution is 2.20. The number of aryl methyl sites for hydroxylation is 1. The summed E-state index contributed by atoms with van der Waals surface area (Å²) in [4.78, 5) is 1.49. The number of nitrogens with one attached hydrogen (secondary N) is 1. The molecule has 0 radical (unpaired) electrons. The lowest BCUT2D eigenvalue weighted by atomic mass is 10.0. The van der Waals surface area contributed by atoms with Crippen LogP contribution in [-0.2, 0) is 13.5 Å². The van der Waals surface area contributed by atoms with Crippen molar-refractivity contribution in [2.75, 3.05) is 6.54 Å². The lowest BCUT2D eigenvalue weighted by Gasteiger charge is -2.17. The van der Waals surface area contributed by atoms with Gasteiger partial charge in [-0.15, -0.1) is 10.2 Å². The van der Waals surface area contributed by atoms with Crippen molar-refractivity contribution >= 4 is 15.9 Å². The fraction of sp³-hybridized carbons (Fsp3) is 0.462. The van der Waals surface area contributed by atoms with Gasteiger partial charge in [0.05, 0.1) is 7.05 Å². The molecule has 1 aromatic carbocycles. The molecule has 1 aromatic heterocycles. The van der Waals surface area contributed by atoms with Crippen molar-refractivity contribution in [3.05, 3.63) is 40.1 Å². The van der Waals surface area contributed by atoms with Crippen molar-refractivity contribution in [1.82, 2.24) is 25.5 Å². The van der Waals surface area contributed by atoms with E-state index < -0.39 is 0 Å². The molecule has 0 spiro atoms. The smallest absolute Gasteiger partial charge is 0.176 e. The molecule has 0 saturated heterocycles. The Bertz CT molecular complexity index is 525. The molecule has 1 unspecified atom stereocenters. The van der Waals surface area contributed by atoms with E-state index in [0.717, 1.165) is 29.7 Å². The zero-order valence-electron chi connectivity index (χ0n) is 11.2. The quantitative estimate of drug-likeness (QED) is 0.885. The van der Waals surface area contributed by atoms with Gasteiger partial charge in [0.25, 0.3) is 0 Å². The Morgan fingerprint density at radius 2 is 2.26 bits per heavy atom. The first-order valence-electron chi connectivity index (χ1n) is 6.40. The molecule has 0 saturated carbocycles. The Morgan fingerprint density at radius 3 is 2.89 bits per heavy atom. The molecule has 1 N–H and O–H groups in total. The minimum Gasteiger partial charge on any atom is -0.310 e. The van der Waals surface area contributed by atoms with Gasteiger partial charge in [-0.05, 0) is 35.9 Å². The van der Waals surface area contributed by atoms with Crippen LogP contribution in [0.2, 0.25) is 0 Å². The molecule has 102 valence electrons. The SMILES string of the molecule is CCCNC(Cc1nnn(C)n1)c1cccc(Br)c1. The van der Waals surface area contributed by atoms with Crippen LogP contribution in [-0.4, -0.2) is 26.8 Å². The lowest BCUT2D eigenvalue weighted by Crippen LogP contribution is -2.24. The molecule has 5 nitrogen and oxygen atoms in total. The van der Waals surface area contributed by atoms with E-state index in [-0.39, 0.29) is 6.04 Å². The van der Waals surface area contributed by atoms with E-state index in [9.17, 15) is 0 Å². The van der Waals surface area contributed by atoms with Crippen LogP contribution < -0.4 is 5.32 Å². The van der Waals surface area contributed by atoms with Crippen LogP contribution in [0, 0.1) is 0 Å². The van der Waals surface area contributed by atoms with Gasteiger partial charge in [-0.3, -0.25) is 0 Å². The predicted octanol–water partition coefficient (Wildman–Crippen LogP) is 2.26. The van der Waals surface area contributed by atoms with Crippen LogP contribution in [0.4, 0.5) is 0 Å². The van der Waals surface area contributed by atoms with Crippen molar-refractivity contribution in [3.63, 3.8) is 0 Å². The molecule has 0 aliphatic rings. The normalized spacial score (nSPS) is 12.6. The molecule has 0 aliphatic carbocycles. The summed E-state index contributed by atoms with van der Waals surface area (Å²) >= 11 is 3.51. The Morgan fingerprint density at radius 1 is 1.42 bits per heavy atom. The summed E-state index contributed by atoms with van der Waals surface area (Å²) in [5.41, 5.74) is 1.23. The molecule has 19 heavy (non-hydrogen) atoms. The number of tetrazole rings is 1. The lowest BCUT2D eigenvalue weighted by molar-refractivity contribution is 0.516. The second kappa shape index (κ2) is 6.77. The highest BCUT2D eigenvalue weighted by atomic mass is 79.9. The second-order valence-electron chi connectivity index (χ2n) is 4.46. The fourth-order valence-corrected chi connectivity index (χ4v) is 2.35. The zero-order chi connectivity index (χ0) is 13.7. The molecule has 0 fully saturated rings. The largest absolute Gasteiger partial charge is 0.310 e. The van der Waals surface area contributed by atoms with Crippen LogP contribution >= 0.6 is 15.9 Å². The van der Waals surface area contributed by atoms with Crippen LogP contribution in [0.1, 0.15) is 30.8 Å². The van der Waals surface area contributed by atoms with Gasteiger partial charge in [-0.25, -0.2) is 0 Å². The summed E-state index contributed by atoms with van der Waals surface area (Å²) in [6.07, 6.45) is 1.84. The molecule has 0 bridgehead atoms. The van der Waals surface area contributed by atoms with Gasteiger partial charge in [0.1, 0.15) is 0 Å².